The highest BCUT2D eigenvalue weighted by atomic mass is 35.5. The number of aryl methyl sites for hydroxylation is 1. The molecule has 1 heterocycles. The van der Waals surface area contributed by atoms with Gasteiger partial charge in [-0.05, 0) is 12.8 Å². The van der Waals surface area contributed by atoms with E-state index in [1.807, 2.05) is 0 Å². The molecule has 2 rings (SSSR count). The van der Waals surface area contributed by atoms with E-state index in [0.29, 0.717) is 0 Å². The van der Waals surface area contributed by atoms with Gasteiger partial charge in [-0.2, -0.15) is 5.10 Å². The van der Waals surface area contributed by atoms with E-state index in [4.69, 9.17) is 11.6 Å². The lowest BCUT2D eigenvalue weighted by molar-refractivity contribution is 0.553. The van der Waals surface area contributed by atoms with E-state index in [2.05, 4.69) is 9.82 Å². The van der Waals surface area contributed by atoms with Gasteiger partial charge in [0.25, 0.3) is 0 Å². The Labute approximate surface area is 99.8 Å². The molecule has 1 aliphatic carbocycles. The van der Waals surface area contributed by atoms with E-state index in [1.54, 1.807) is 7.05 Å². The van der Waals surface area contributed by atoms with E-state index in [9.17, 15) is 8.42 Å². The Balaban J connectivity index is 2.14. The number of nitrogens with one attached hydrogen (secondary N) is 1. The van der Waals surface area contributed by atoms with Gasteiger partial charge in [0, 0.05) is 24.7 Å². The van der Waals surface area contributed by atoms with Crippen molar-refractivity contribution in [1.29, 1.82) is 0 Å². The Morgan fingerprint density at radius 3 is 2.81 bits per heavy atom. The van der Waals surface area contributed by atoms with Gasteiger partial charge in [0.15, 0.2) is 0 Å². The van der Waals surface area contributed by atoms with E-state index in [1.165, 1.54) is 17.1 Å². The van der Waals surface area contributed by atoms with E-state index in [-0.39, 0.29) is 16.3 Å². The topological polar surface area (TPSA) is 64.0 Å². The van der Waals surface area contributed by atoms with Gasteiger partial charge in [-0.1, -0.05) is 6.42 Å². The maximum absolute atomic E-state index is 11.9. The van der Waals surface area contributed by atoms with Crippen LogP contribution in [0, 0.1) is 0 Å². The third-order valence-corrected chi connectivity index (χ3v) is 4.70. The van der Waals surface area contributed by atoms with Gasteiger partial charge in [0.2, 0.25) is 10.0 Å². The summed E-state index contributed by atoms with van der Waals surface area (Å²) in [5.41, 5.74) is 0. The minimum Gasteiger partial charge on any atom is -0.274 e. The van der Waals surface area contributed by atoms with Crippen molar-refractivity contribution in [2.24, 2.45) is 7.05 Å². The third-order valence-electron chi connectivity index (χ3n) is 2.73. The molecule has 1 aromatic heterocycles. The van der Waals surface area contributed by atoms with Crippen LogP contribution in [0.4, 0.5) is 0 Å². The van der Waals surface area contributed by atoms with Gasteiger partial charge in [0.1, 0.15) is 4.90 Å². The smallest absolute Gasteiger partial charge is 0.243 e. The normalized spacial score (nSPS) is 26.1. The monoisotopic (exact) mass is 263 g/mol. The summed E-state index contributed by atoms with van der Waals surface area (Å²) in [6.45, 7) is 0. The summed E-state index contributed by atoms with van der Waals surface area (Å²) in [5.74, 6) is 0. The number of nitrogens with zero attached hydrogens (tertiary/aromatic N) is 2. The predicted octanol–water partition coefficient (Wildman–Crippen LogP) is 0.858. The molecule has 90 valence electrons. The molecule has 1 aromatic rings. The van der Waals surface area contributed by atoms with Crippen LogP contribution in [0.3, 0.4) is 0 Å². The molecule has 0 aromatic carbocycles. The quantitative estimate of drug-likeness (QED) is 0.823. The molecular weight excluding hydrogens is 250 g/mol. The van der Waals surface area contributed by atoms with E-state index < -0.39 is 10.0 Å². The van der Waals surface area contributed by atoms with Crippen molar-refractivity contribution in [1.82, 2.24) is 14.5 Å². The van der Waals surface area contributed by atoms with Crippen molar-refractivity contribution in [3.63, 3.8) is 0 Å². The van der Waals surface area contributed by atoms with Crippen LogP contribution in [0.1, 0.15) is 19.3 Å². The highest BCUT2D eigenvalue weighted by molar-refractivity contribution is 7.89. The second kappa shape index (κ2) is 4.35. The molecular formula is C9H14ClN3O2S. The molecule has 16 heavy (non-hydrogen) atoms. The minimum atomic E-state index is -3.47. The summed E-state index contributed by atoms with van der Waals surface area (Å²) in [5, 5.41) is 3.74. The van der Waals surface area contributed by atoms with Crippen molar-refractivity contribution >= 4 is 21.6 Å². The molecule has 1 aliphatic rings. The third kappa shape index (κ3) is 2.39. The van der Waals surface area contributed by atoms with E-state index >= 15 is 0 Å². The Morgan fingerprint density at radius 1 is 1.56 bits per heavy atom. The first-order valence-electron chi connectivity index (χ1n) is 5.14. The number of hydrogen-bond donors (Lipinski definition) is 1. The highest BCUT2D eigenvalue weighted by Crippen LogP contribution is 2.25. The second-order valence-electron chi connectivity index (χ2n) is 4.02. The molecule has 0 bridgehead atoms. The number of aromatic nitrogens is 2. The van der Waals surface area contributed by atoms with Crippen LogP contribution in [0.15, 0.2) is 17.3 Å². The Hall–Kier alpha value is -0.590. The SMILES string of the molecule is Cn1cc(S(=O)(=O)NC2CCCC2Cl)cn1. The molecule has 0 aliphatic heterocycles. The molecule has 0 spiro atoms. The summed E-state index contributed by atoms with van der Waals surface area (Å²) >= 11 is 6.03. The van der Waals surface area contributed by atoms with Gasteiger partial charge >= 0.3 is 0 Å². The Kier molecular flexibility index (Phi) is 3.23. The fraction of sp³-hybridized carbons (Fsp3) is 0.667. The molecule has 2 atom stereocenters. The summed E-state index contributed by atoms with van der Waals surface area (Å²) in [6.07, 6.45) is 5.44. The van der Waals surface area contributed by atoms with Gasteiger partial charge in [-0.15, -0.1) is 11.6 Å². The Bertz CT molecular complexity index is 471. The van der Waals surface area contributed by atoms with Gasteiger partial charge < -0.3 is 0 Å². The zero-order chi connectivity index (χ0) is 11.8. The second-order valence-corrected chi connectivity index (χ2v) is 6.30. The molecule has 1 saturated carbocycles. The molecule has 0 radical (unpaired) electrons. The molecule has 0 amide bonds. The number of hydrogen-bond acceptors (Lipinski definition) is 3. The van der Waals surface area contributed by atoms with Gasteiger partial charge in [-0.3, -0.25) is 4.68 Å². The first-order chi connectivity index (χ1) is 7.49. The largest absolute Gasteiger partial charge is 0.274 e. The molecule has 7 heteroatoms. The zero-order valence-corrected chi connectivity index (χ0v) is 10.5. The first kappa shape index (κ1) is 11.9. The van der Waals surface area contributed by atoms with Crippen molar-refractivity contribution in [3.05, 3.63) is 12.4 Å². The summed E-state index contributed by atoms with van der Waals surface area (Å²) in [4.78, 5) is 0.186. The van der Waals surface area contributed by atoms with Crippen molar-refractivity contribution in [2.45, 2.75) is 35.6 Å². The Morgan fingerprint density at radius 2 is 2.31 bits per heavy atom. The van der Waals surface area contributed by atoms with Crippen LogP contribution in [-0.4, -0.2) is 29.6 Å². The predicted molar refractivity (Wildman–Crippen MR) is 60.8 cm³/mol. The molecule has 2 unspecified atom stereocenters. The van der Waals surface area contributed by atoms with Crippen molar-refractivity contribution < 1.29 is 8.42 Å². The summed E-state index contributed by atoms with van der Waals surface area (Å²) < 4.78 is 27.9. The van der Waals surface area contributed by atoms with Crippen LogP contribution < -0.4 is 4.72 Å². The number of alkyl halides is 1. The first-order valence-corrected chi connectivity index (χ1v) is 7.06. The summed E-state index contributed by atoms with van der Waals surface area (Å²) in [6, 6.07) is -0.160. The molecule has 1 fully saturated rings. The zero-order valence-electron chi connectivity index (χ0n) is 8.93. The number of rotatable bonds is 3. The lowest BCUT2D eigenvalue weighted by Crippen LogP contribution is -2.37. The fourth-order valence-corrected chi connectivity index (χ4v) is 3.56. The highest BCUT2D eigenvalue weighted by Gasteiger charge is 2.30. The van der Waals surface area contributed by atoms with Crippen LogP contribution in [0.2, 0.25) is 0 Å². The molecule has 0 saturated heterocycles. The van der Waals surface area contributed by atoms with Crippen molar-refractivity contribution in [3.8, 4) is 0 Å². The summed E-state index contributed by atoms with van der Waals surface area (Å²) in [7, 11) is -1.79. The standard InChI is InChI=1S/C9H14ClN3O2S/c1-13-6-7(5-11-13)16(14,15)12-9-4-2-3-8(9)10/h5-6,8-9,12H,2-4H2,1H3. The maximum Gasteiger partial charge on any atom is 0.243 e. The van der Waals surface area contributed by atoms with Gasteiger partial charge in [0.05, 0.1) is 6.20 Å². The van der Waals surface area contributed by atoms with E-state index in [0.717, 1.165) is 19.3 Å². The minimum absolute atomic E-state index is 0.105. The van der Waals surface area contributed by atoms with Gasteiger partial charge in [-0.25, -0.2) is 13.1 Å². The number of halogens is 1. The lowest BCUT2D eigenvalue weighted by atomic mass is 10.3. The lowest BCUT2D eigenvalue weighted by Gasteiger charge is -2.14. The number of sulfonamides is 1. The van der Waals surface area contributed by atoms with Crippen molar-refractivity contribution in [2.75, 3.05) is 0 Å². The van der Waals surface area contributed by atoms with Crippen LogP contribution in [-0.2, 0) is 17.1 Å². The molecule has 5 nitrogen and oxygen atoms in total. The van der Waals surface area contributed by atoms with Crippen LogP contribution in [0.5, 0.6) is 0 Å². The average molecular weight is 264 g/mol. The maximum atomic E-state index is 11.9. The average Bonchev–Trinajstić information content (AvgIpc) is 2.77. The van der Waals surface area contributed by atoms with Crippen LogP contribution in [0.25, 0.3) is 0 Å². The van der Waals surface area contributed by atoms with Crippen LogP contribution >= 0.6 is 11.6 Å². The molecule has 1 N–H and O–H groups in total. The fourth-order valence-electron chi connectivity index (χ4n) is 1.85.